The van der Waals surface area contributed by atoms with Gasteiger partial charge in [-0.1, -0.05) is 29.8 Å². The topological polar surface area (TPSA) is 60.8 Å². The maximum atomic E-state index is 12.6. The lowest BCUT2D eigenvalue weighted by atomic mass is 10.1. The summed E-state index contributed by atoms with van der Waals surface area (Å²) in [6, 6.07) is 13.4. The molecule has 2 heterocycles. The van der Waals surface area contributed by atoms with Crippen LogP contribution >= 0.6 is 11.6 Å². The van der Waals surface area contributed by atoms with Crippen LogP contribution in [0.15, 0.2) is 53.7 Å². The zero-order valence-electron chi connectivity index (χ0n) is 16.9. The van der Waals surface area contributed by atoms with E-state index in [2.05, 4.69) is 22.1 Å². The molecule has 0 atom stereocenters. The molecule has 154 valence electrons. The highest BCUT2D eigenvalue weighted by Crippen LogP contribution is 2.13. The van der Waals surface area contributed by atoms with Gasteiger partial charge >= 0.3 is 0 Å². The number of nitrogens with zero attached hydrogens (tertiary/aromatic N) is 4. The molecule has 1 N–H and O–H groups in total. The number of rotatable bonds is 6. The standard InChI is InChI=1S/C22H28ClN5O/c1-2-24-22(26-11-9-20-8-3-4-10-25-20)28-14-12-27(13-15-28)21(29)17-18-6-5-7-19(23)16-18/h3-8,10,16H,2,9,11-15,17H2,1H3,(H,24,26). The van der Waals surface area contributed by atoms with Gasteiger partial charge in [0.05, 0.1) is 6.42 Å². The molecule has 0 aliphatic carbocycles. The van der Waals surface area contributed by atoms with E-state index in [9.17, 15) is 4.79 Å². The molecular formula is C22H28ClN5O. The highest BCUT2D eigenvalue weighted by Gasteiger charge is 2.23. The molecule has 0 radical (unpaired) electrons. The van der Waals surface area contributed by atoms with Crippen molar-refractivity contribution in [3.63, 3.8) is 0 Å². The largest absolute Gasteiger partial charge is 0.357 e. The van der Waals surface area contributed by atoms with E-state index >= 15 is 0 Å². The van der Waals surface area contributed by atoms with Crippen LogP contribution in [-0.2, 0) is 17.6 Å². The van der Waals surface area contributed by atoms with Crippen LogP contribution in [0, 0.1) is 0 Å². The lowest BCUT2D eigenvalue weighted by molar-refractivity contribution is -0.131. The average molecular weight is 414 g/mol. The average Bonchev–Trinajstić information content (AvgIpc) is 2.74. The molecule has 2 aromatic rings. The van der Waals surface area contributed by atoms with Gasteiger partial charge in [0.2, 0.25) is 5.91 Å². The fourth-order valence-corrected chi connectivity index (χ4v) is 3.56. The predicted molar refractivity (Wildman–Crippen MR) is 117 cm³/mol. The third-order valence-corrected chi connectivity index (χ3v) is 5.10. The Morgan fingerprint density at radius 2 is 1.93 bits per heavy atom. The van der Waals surface area contributed by atoms with Crippen molar-refractivity contribution in [3.05, 3.63) is 64.9 Å². The van der Waals surface area contributed by atoms with Crippen LogP contribution in [-0.4, -0.2) is 65.9 Å². The lowest BCUT2D eigenvalue weighted by Crippen LogP contribution is -2.54. The summed E-state index contributed by atoms with van der Waals surface area (Å²) >= 11 is 6.02. The summed E-state index contributed by atoms with van der Waals surface area (Å²) in [6.45, 7) is 6.52. The van der Waals surface area contributed by atoms with Gasteiger partial charge in [-0.3, -0.25) is 14.8 Å². The Labute approximate surface area is 177 Å². The van der Waals surface area contributed by atoms with Gasteiger partial charge in [0.25, 0.3) is 0 Å². The quantitative estimate of drug-likeness (QED) is 0.584. The molecular weight excluding hydrogens is 386 g/mol. The fraction of sp³-hybridized carbons (Fsp3) is 0.409. The molecule has 1 aliphatic heterocycles. The normalized spacial score (nSPS) is 14.8. The number of halogens is 1. The van der Waals surface area contributed by atoms with Crippen LogP contribution in [0.4, 0.5) is 0 Å². The molecule has 1 fully saturated rings. The number of carbonyl (C=O) groups excluding carboxylic acids is 1. The van der Waals surface area contributed by atoms with Crippen LogP contribution in [0.5, 0.6) is 0 Å². The van der Waals surface area contributed by atoms with E-state index in [0.717, 1.165) is 43.3 Å². The summed E-state index contributed by atoms with van der Waals surface area (Å²) in [4.78, 5) is 25.9. The molecule has 7 heteroatoms. The van der Waals surface area contributed by atoms with E-state index < -0.39 is 0 Å². The van der Waals surface area contributed by atoms with Gasteiger partial charge in [0.15, 0.2) is 5.96 Å². The van der Waals surface area contributed by atoms with Crippen LogP contribution in [0.1, 0.15) is 18.2 Å². The van der Waals surface area contributed by atoms with Crippen LogP contribution < -0.4 is 5.32 Å². The van der Waals surface area contributed by atoms with Gasteiger partial charge < -0.3 is 15.1 Å². The number of pyridine rings is 1. The first-order valence-electron chi connectivity index (χ1n) is 10.1. The van der Waals surface area contributed by atoms with Crippen molar-refractivity contribution in [2.24, 2.45) is 4.99 Å². The highest BCUT2D eigenvalue weighted by molar-refractivity contribution is 6.30. The molecule has 6 nitrogen and oxygen atoms in total. The Balaban J connectivity index is 1.51. The number of piperazine rings is 1. The number of aromatic nitrogens is 1. The van der Waals surface area contributed by atoms with Crippen molar-refractivity contribution in [1.29, 1.82) is 0 Å². The number of carbonyl (C=O) groups is 1. The minimum absolute atomic E-state index is 0.143. The minimum atomic E-state index is 0.143. The molecule has 0 saturated carbocycles. The summed E-state index contributed by atoms with van der Waals surface area (Å²) in [5, 5.41) is 4.03. The molecule has 1 aliphatic rings. The summed E-state index contributed by atoms with van der Waals surface area (Å²) in [6.07, 6.45) is 3.01. The zero-order chi connectivity index (χ0) is 20.5. The number of guanidine groups is 1. The van der Waals surface area contributed by atoms with Gasteiger partial charge in [-0.2, -0.15) is 0 Å². The van der Waals surface area contributed by atoms with E-state index in [0.29, 0.717) is 31.1 Å². The van der Waals surface area contributed by atoms with E-state index in [1.807, 2.05) is 53.6 Å². The van der Waals surface area contributed by atoms with Crippen molar-refractivity contribution >= 4 is 23.5 Å². The maximum absolute atomic E-state index is 12.6. The second kappa shape index (κ2) is 10.8. The number of amides is 1. The SMILES string of the molecule is CCNC(=NCCc1ccccn1)N1CCN(C(=O)Cc2cccc(Cl)c2)CC1. The second-order valence-electron chi connectivity index (χ2n) is 6.98. The molecule has 29 heavy (non-hydrogen) atoms. The van der Waals surface area contributed by atoms with Gasteiger partial charge in [0.1, 0.15) is 0 Å². The van der Waals surface area contributed by atoms with Crippen molar-refractivity contribution in [1.82, 2.24) is 20.1 Å². The third kappa shape index (κ3) is 6.46. The molecule has 1 aromatic carbocycles. The van der Waals surface area contributed by atoms with Crippen molar-refractivity contribution in [2.75, 3.05) is 39.3 Å². The molecule has 1 saturated heterocycles. The zero-order valence-corrected chi connectivity index (χ0v) is 17.6. The summed E-state index contributed by atoms with van der Waals surface area (Å²) in [7, 11) is 0. The number of benzene rings is 1. The van der Waals surface area contributed by atoms with Crippen molar-refractivity contribution in [3.8, 4) is 0 Å². The maximum Gasteiger partial charge on any atom is 0.227 e. The number of hydrogen-bond donors (Lipinski definition) is 1. The van der Waals surface area contributed by atoms with E-state index in [1.165, 1.54) is 0 Å². The van der Waals surface area contributed by atoms with E-state index in [1.54, 1.807) is 0 Å². The molecule has 0 unspecified atom stereocenters. The molecule has 1 amide bonds. The monoisotopic (exact) mass is 413 g/mol. The van der Waals surface area contributed by atoms with Gasteiger partial charge in [0, 0.05) is 62.6 Å². The summed E-state index contributed by atoms with van der Waals surface area (Å²) in [5.74, 6) is 1.05. The summed E-state index contributed by atoms with van der Waals surface area (Å²) < 4.78 is 0. The van der Waals surface area contributed by atoms with Crippen molar-refractivity contribution in [2.45, 2.75) is 19.8 Å². The van der Waals surface area contributed by atoms with Crippen LogP contribution in [0.25, 0.3) is 0 Å². The first kappa shape index (κ1) is 21.1. The smallest absolute Gasteiger partial charge is 0.227 e. The Morgan fingerprint density at radius 1 is 1.14 bits per heavy atom. The lowest BCUT2D eigenvalue weighted by Gasteiger charge is -2.36. The highest BCUT2D eigenvalue weighted by atomic mass is 35.5. The number of hydrogen-bond acceptors (Lipinski definition) is 3. The first-order valence-corrected chi connectivity index (χ1v) is 10.5. The van der Waals surface area contributed by atoms with E-state index in [4.69, 9.17) is 16.6 Å². The second-order valence-corrected chi connectivity index (χ2v) is 7.42. The number of aliphatic imine (C=N–C) groups is 1. The predicted octanol–water partition coefficient (Wildman–Crippen LogP) is 2.63. The summed E-state index contributed by atoms with van der Waals surface area (Å²) in [5.41, 5.74) is 2.00. The van der Waals surface area contributed by atoms with Crippen LogP contribution in [0.2, 0.25) is 5.02 Å². The third-order valence-electron chi connectivity index (χ3n) is 4.87. The fourth-order valence-electron chi connectivity index (χ4n) is 3.35. The first-order chi connectivity index (χ1) is 14.2. The van der Waals surface area contributed by atoms with Gasteiger partial charge in [-0.05, 0) is 36.8 Å². The van der Waals surface area contributed by atoms with Gasteiger partial charge in [-0.15, -0.1) is 0 Å². The Morgan fingerprint density at radius 3 is 2.62 bits per heavy atom. The minimum Gasteiger partial charge on any atom is -0.357 e. The molecule has 0 spiro atoms. The number of nitrogens with one attached hydrogen (secondary N) is 1. The van der Waals surface area contributed by atoms with Crippen LogP contribution in [0.3, 0.4) is 0 Å². The van der Waals surface area contributed by atoms with E-state index in [-0.39, 0.29) is 5.91 Å². The van der Waals surface area contributed by atoms with Crippen molar-refractivity contribution < 1.29 is 4.79 Å². The Bertz CT molecular complexity index is 819. The molecule has 1 aromatic heterocycles. The Hall–Kier alpha value is -2.60. The van der Waals surface area contributed by atoms with Gasteiger partial charge in [-0.25, -0.2) is 0 Å². The Kier molecular flexibility index (Phi) is 7.87. The molecule has 3 rings (SSSR count). The molecule has 0 bridgehead atoms.